The summed E-state index contributed by atoms with van der Waals surface area (Å²) in [7, 11) is -2.32. The Morgan fingerprint density at radius 3 is 2.28 bits per heavy atom. The van der Waals surface area contributed by atoms with Crippen LogP contribution in [0.1, 0.15) is 55.4 Å². The van der Waals surface area contributed by atoms with Crippen LogP contribution in [0.5, 0.6) is 0 Å². The molecule has 1 unspecified atom stereocenters. The fourth-order valence-electron chi connectivity index (χ4n) is 3.89. The second-order valence-corrected chi connectivity index (χ2v) is 16.6. The van der Waals surface area contributed by atoms with Gasteiger partial charge in [-0.05, 0) is 52.8 Å². The fraction of sp³-hybridized carbons (Fsp3) is 0.909. The van der Waals surface area contributed by atoms with Crippen LogP contribution in [-0.2, 0) is 32.9 Å². The summed E-state index contributed by atoms with van der Waals surface area (Å²) in [5.74, 6) is -2.55. The van der Waals surface area contributed by atoms with Gasteiger partial charge in [-0.15, -0.1) is 0 Å². The highest BCUT2D eigenvalue weighted by atomic mass is 28.4. The topological polar surface area (TPSA) is 92.8 Å². The third-order valence-corrected chi connectivity index (χ3v) is 10.9. The van der Waals surface area contributed by atoms with Crippen molar-refractivity contribution in [1.29, 1.82) is 0 Å². The van der Waals surface area contributed by atoms with Gasteiger partial charge >= 0.3 is 12.1 Å². The summed E-state index contributed by atoms with van der Waals surface area (Å²) in [6.07, 6.45) is -1.95. The van der Waals surface area contributed by atoms with Gasteiger partial charge in [0.05, 0.1) is 12.6 Å². The molecule has 0 aromatic rings. The molecule has 1 spiro atoms. The number of rotatable bonds is 4. The number of amides is 1. The van der Waals surface area contributed by atoms with Crippen LogP contribution in [0.25, 0.3) is 0 Å². The summed E-state index contributed by atoms with van der Waals surface area (Å²) in [6, 6.07) is -0.497. The molecule has 3 aliphatic rings. The predicted octanol–water partition coefficient (Wildman–Crippen LogP) is 3.42. The molecule has 184 valence electrons. The first-order chi connectivity index (χ1) is 14.4. The van der Waals surface area contributed by atoms with Gasteiger partial charge in [-0.3, -0.25) is 9.69 Å². The summed E-state index contributed by atoms with van der Waals surface area (Å²) in [5, 5.41) is -0.0884. The van der Waals surface area contributed by atoms with Gasteiger partial charge in [0.25, 0.3) is 0 Å². The minimum Gasteiger partial charge on any atom is -0.459 e. The zero-order chi connectivity index (χ0) is 24.3. The lowest BCUT2D eigenvalue weighted by molar-refractivity contribution is -0.319. The molecule has 3 heterocycles. The summed E-state index contributed by atoms with van der Waals surface area (Å²) in [6.45, 7) is 19.7. The molecule has 0 bridgehead atoms. The molecule has 9 nitrogen and oxygen atoms in total. The lowest BCUT2D eigenvalue weighted by atomic mass is 9.95. The molecule has 0 radical (unpaired) electrons. The van der Waals surface area contributed by atoms with Crippen molar-refractivity contribution in [2.24, 2.45) is 0 Å². The maximum absolute atomic E-state index is 12.8. The van der Waals surface area contributed by atoms with E-state index in [9.17, 15) is 9.59 Å². The molecule has 0 aromatic carbocycles. The van der Waals surface area contributed by atoms with E-state index in [4.69, 9.17) is 28.1 Å². The molecule has 1 amide bonds. The number of nitrogens with zero attached hydrogens (tertiary/aromatic N) is 1. The van der Waals surface area contributed by atoms with Gasteiger partial charge in [0.2, 0.25) is 5.79 Å². The Bertz CT molecular complexity index is 756. The number of carbonyl (C=O) groups excluding carboxylic acids is 2. The molecule has 0 saturated carbocycles. The molecule has 32 heavy (non-hydrogen) atoms. The standard InChI is InChI=1S/C22H39NO8Si/c1-19(2,3)29-15(24)11-23-14-12-26-22(13-27-21(7,8)31-22)17(16(14)28-18(23)25)30-32(9,10)20(4,5)6/h14,16-17H,11-13H2,1-10H3/t14-,16?,17+,22+/m1/s1. The van der Waals surface area contributed by atoms with E-state index < -0.39 is 55.8 Å². The average Bonchev–Trinajstić information content (AvgIpc) is 3.05. The molecule has 0 N–H and O–H groups in total. The van der Waals surface area contributed by atoms with E-state index in [1.807, 2.05) is 13.8 Å². The van der Waals surface area contributed by atoms with Crippen LogP contribution in [0.2, 0.25) is 18.1 Å². The van der Waals surface area contributed by atoms with E-state index in [0.717, 1.165) is 0 Å². The average molecular weight is 474 g/mol. The van der Waals surface area contributed by atoms with Gasteiger partial charge in [0, 0.05) is 0 Å². The summed E-state index contributed by atoms with van der Waals surface area (Å²) in [4.78, 5) is 26.6. The monoisotopic (exact) mass is 473 g/mol. The highest BCUT2D eigenvalue weighted by molar-refractivity contribution is 6.74. The Morgan fingerprint density at radius 2 is 1.78 bits per heavy atom. The first-order valence-electron chi connectivity index (χ1n) is 11.2. The zero-order valence-electron chi connectivity index (χ0n) is 21.1. The van der Waals surface area contributed by atoms with Crippen molar-refractivity contribution in [2.75, 3.05) is 19.8 Å². The summed E-state index contributed by atoms with van der Waals surface area (Å²) < 4.78 is 36.3. The second-order valence-electron chi connectivity index (χ2n) is 11.8. The van der Waals surface area contributed by atoms with Gasteiger partial charge in [0.15, 0.2) is 20.2 Å². The molecule has 3 fully saturated rings. The van der Waals surface area contributed by atoms with Crippen molar-refractivity contribution in [3.05, 3.63) is 0 Å². The van der Waals surface area contributed by atoms with Crippen LogP contribution in [-0.4, -0.2) is 80.5 Å². The van der Waals surface area contributed by atoms with Crippen molar-refractivity contribution in [3.63, 3.8) is 0 Å². The van der Waals surface area contributed by atoms with Gasteiger partial charge in [-0.1, -0.05) is 20.8 Å². The van der Waals surface area contributed by atoms with Crippen molar-refractivity contribution in [2.45, 2.75) is 109 Å². The van der Waals surface area contributed by atoms with E-state index in [1.54, 1.807) is 20.8 Å². The SMILES string of the molecule is CC(C)(C)OC(=O)CN1C(=O)OC2[C@H]1CO[C@]1(COC(C)(C)O1)[C@H]2O[Si](C)(C)C(C)(C)C. The molecule has 3 rings (SSSR count). The lowest BCUT2D eigenvalue weighted by Crippen LogP contribution is -2.67. The third kappa shape index (κ3) is 4.99. The number of esters is 1. The maximum atomic E-state index is 12.8. The number of ether oxygens (including phenoxy) is 5. The van der Waals surface area contributed by atoms with Crippen molar-refractivity contribution in [3.8, 4) is 0 Å². The van der Waals surface area contributed by atoms with Gasteiger partial charge in [0.1, 0.15) is 24.9 Å². The van der Waals surface area contributed by atoms with Crippen molar-refractivity contribution in [1.82, 2.24) is 4.90 Å². The Hall–Kier alpha value is -1.20. The van der Waals surface area contributed by atoms with Crippen LogP contribution in [0.3, 0.4) is 0 Å². The van der Waals surface area contributed by atoms with E-state index in [0.29, 0.717) is 0 Å². The maximum Gasteiger partial charge on any atom is 0.411 e. The predicted molar refractivity (Wildman–Crippen MR) is 118 cm³/mol. The van der Waals surface area contributed by atoms with Crippen LogP contribution in [0, 0.1) is 0 Å². The number of fused-ring (bicyclic) bond motifs is 1. The first kappa shape index (κ1) is 25.4. The minimum absolute atomic E-state index is 0.0884. The van der Waals surface area contributed by atoms with Gasteiger partial charge < -0.3 is 28.1 Å². The largest absolute Gasteiger partial charge is 0.459 e. The number of hydrogen-bond acceptors (Lipinski definition) is 8. The Kier molecular flexibility index (Phi) is 6.30. The van der Waals surface area contributed by atoms with Crippen molar-refractivity contribution < 1.29 is 37.7 Å². The lowest BCUT2D eigenvalue weighted by Gasteiger charge is -2.49. The highest BCUT2D eigenvalue weighted by Crippen LogP contribution is 2.47. The third-order valence-electron chi connectivity index (χ3n) is 6.47. The smallest absolute Gasteiger partial charge is 0.411 e. The minimum atomic E-state index is -2.32. The molecule has 0 aliphatic carbocycles. The molecule has 3 aliphatic heterocycles. The summed E-state index contributed by atoms with van der Waals surface area (Å²) in [5.41, 5.74) is -0.651. The molecule has 3 saturated heterocycles. The molecular formula is C22H39NO8Si. The normalized spacial score (nSPS) is 32.8. The summed E-state index contributed by atoms with van der Waals surface area (Å²) >= 11 is 0. The van der Waals surface area contributed by atoms with Crippen LogP contribution >= 0.6 is 0 Å². The van der Waals surface area contributed by atoms with Crippen LogP contribution < -0.4 is 0 Å². The Balaban J connectivity index is 1.89. The van der Waals surface area contributed by atoms with E-state index in [2.05, 4.69) is 33.9 Å². The molecule has 0 aromatic heterocycles. The molecule has 4 atom stereocenters. The highest BCUT2D eigenvalue weighted by Gasteiger charge is 2.65. The van der Waals surface area contributed by atoms with Crippen LogP contribution in [0.4, 0.5) is 4.79 Å². The number of carbonyl (C=O) groups is 2. The Morgan fingerprint density at radius 1 is 1.16 bits per heavy atom. The number of hydrogen-bond donors (Lipinski definition) is 0. The van der Waals surface area contributed by atoms with Gasteiger partial charge in [-0.2, -0.15) is 0 Å². The van der Waals surface area contributed by atoms with Gasteiger partial charge in [-0.25, -0.2) is 4.79 Å². The van der Waals surface area contributed by atoms with Crippen molar-refractivity contribution >= 4 is 20.4 Å². The molecule has 10 heteroatoms. The zero-order valence-corrected chi connectivity index (χ0v) is 22.1. The first-order valence-corrected chi connectivity index (χ1v) is 14.1. The van der Waals surface area contributed by atoms with Crippen LogP contribution in [0.15, 0.2) is 0 Å². The second kappa shape index (κ2) is 7.94. The van der Waals surface area contributed by atoms with E-state index >= 15 is 0 Å². The van der Waals surface area contributed by atoms with E-state index in [-0.39, 0.29) is 24.8 Å². The Labute approximate surface area is 192 Å². The van der Waals surface area contributed by atoms with E-state index in [1.165, 1.54) is 4.90 Å². The fourth-order valence-corrected chi connectivity index (χ4v) is 5.19. The quantitative estimate of drug-likeness (QED) is 0.453. The molecular weight excluding hydrogens is 434 g/mol.